The molecule has 0 aliphatic carbocycles. The number of nitrogens with zero attached hydrogens (tertiary/aromatic N) is 5. The zero-order chi connectivity index (χ0) is 22.0. The fourth-order valence-corrected chi connectivity index (χ4v) is 3.59. The Morgan fingerprint density at radius 3 is 2.58 bits per heavy atom. The molecule has 6 nitrogen and oxygen atoms in total. The van der Waals surface area contributed by atoms with Gasteiger partial charge >= 0.3 is 0 Å². The third kappa shape index (κ3) is 4.23. The van der Waals surface area contributed by atoms with Crippen molar-refractivity contribution in [2.75, 3.05) is 0 Å². The van der Waals surface area contributed by atoms with Crippen molar-refractivity contribution < 1.29 is 4.79 Å². The van der Waals surface area contributed by atoms with Gasteiger partial charge in [-0.15, -0.1) is 0 Å². The van der Waals surface area contributed by atoms with Crippen LogP contribution in [0.5, 0.6) is 0 Å². The normalized spacial score (nSPS) is 10.6. The number of benzene rings is 1. The Bertz CT molecular complexity index is 1320. The summed E-state index contributed by atoms with van der Waals surface area (Å²) < 4.78 is 1.75. The van der Waals surface area contributed by atoms with Crippen LogP contribution >= 0.6 is 11.6 Å². The Labute approximate surface area is 184 Å². The lowest BCUT2D eigenvalue weighted by atomic mass is 9.99. The molecule has 0 saturated heterocycles. The highest BCUT2D eigenvalue weighted by molar-refractivity contribution is 6.33. The topological polar surface area (TPSA) is 84.5 Å². The minimum atomic E-state index is -0.126. The first kappa shape index (κ1) is 20.5. The number of halogens is 1. The number of hydrogen-bond acceptors (Lipinski definition) is 5. The van der Waals surface area contributed by atoms with Gasteiger partial charge in [-0.3, -0.25) is 19.4 Å². The number of Topliss-reactive ketones (excluding diaryl/α,β-unsaturated/α-hetero) is 1. The number of ketones is 1. The van der Waals surface area contributed by atoms with Gasteiger partial charge in [-0.25, -0.2) is 0 Å². The molecule has 0 amide bonds. The molecule has 0 spiro atoms. The molecule has 0 unspecified atom stereocenters. The number of aromatic nitrogens is 4. The molecule has 0 bridgehead atoms. The number of aryl methyl sites for hydroxylation is 1. The average molecular weight is 428 g/mol. The molecule has 3 aromatic heterocycles. The van der Waals surface area contributed by atoms with Gasteiger partial charge in [-0.05, 0) is 36.2 Å². The number of pyridine rings is 2. The maximum Gasteiger partial charge on any atom is 0.170 e. The van der Waals surface area contributed by atoms with Crippen molar-refractivity contribution in [1.82, 2.24) is 19.7 Å². The van der Waals surface area contributed by atoms with Crippen molar-refractivity contribution >= 4 is 17.4 Å². The van der Waals surface area contributed by atoms with Crippen molar-refractivity contribution in [2.24, 2.45) is 7.05 Å². The molecule has 0 radical (unpaired) electrons. The molecule has 152 valence electrons. The van der Waals surface area contributed by atoms with Crippen LogP contribution < -0.4 is 0 Å². The summed E-state index contributed by atoms with van der Waals surface area (Å²) in [6, 6.07) is 11.6. The maximum absolute atomic E-state index is 12.7. The SMILES string of the molecule is Cc1c(C#N)cncc1C(=O)Cc1ccc(-c2cc(-c3cnn(C)c3)ccc2Cl)cn1. The molecule has 0 fully saturated rings. The summed E-state index contributed by atoms with van der Waals surface area (Å²) in [6.45, 7) is 1.75. The third-order valence-corrected chi connectivity index (χ3v) is 5.45. The standard InChI is InChI=1S/C24H18ClN5O/c1-15-18(9-26)10-27-13-22(15)24(31)8-20-5-3-17(11-28-20)21-7-16(4-6-23(21)25)19-12-29-30(2)14-19/h3-7,10-14H,8H2,1-2H3. The van der Waals surface area contributed by atoms with E-state index in [0.29, 0.717) is 27.4 Å². The van der Waals surface area contributed by atoms with Crippen LogP contribution in [0.25, 0.3) is 22.3 Å². The number of rotatable bonds is 5. The van der Waals surface area contributed by atoms with Crippen molar-refractivity contribution in [1.29, 1.82) is 5.26 Å². The van der Waals surface area contributed by atoms with Gasteiger partial charge in [0.25, 0.3) is 0 Å². The molecular formula is C24H18ClN5O. The predicted octanol–water partition coefficient (Wildman–Crippen LogP) is 4.80. The zero-order valence-corrected chi connectivity index (χ0v) is 17.8. The van der Waals surface area contributed by atoms with E-state index in [1.807, 2.05) is 43.6 Å². The smallest absolute Gasteiger partial charge is 0.170 e. The van der Waals surface area contributed by atoms with Crippen LogP contribution in [0.15, 0.2) is 61.3 Å². The van der Waals surface area contributed by atoms with Crippen LogP contribution in [0.1, 0.15) is 27.2 Å². The Balaban J connectivity index is 1.58. The molecule has 3 heterocycles. The highest BCUT2D eigenvalue weighted by Gasteiger charge is 2.14. The van der Waals surface area contributed by atoms with Crippen molar-refractivity contribution in [3.8, 4) is 28.3 Å². The molecule has 0 N–H and O–H groups in total. The molecule has 0 aliphatic rings. The van der Waals surface area contributed by atoms with Crippen LogP contribution in [0.2, 0.25) is 5.02 Å². The largest absolute Gasteiger partial charge is 0.294 e. The van der Waals surface area contributed by atoms with E-state index in [4.69, 9.17) is 16.9 Å². The van der Waals surface area contributed by atoms with E-state index in [9.17, 15) is 4.79 Å². The summed E-state index contributed by atoms with van der Waals surface area (Å²) in [6.07, 6.45) is 8.55. The van der Waals surface area contributed by atoms with Gasteiger partial charge in [0.2, 0.25) is 0 Å². The maximum atomic E-state index is 12.7. The summed E-state index contributed by atoms with van der Waals surface area (Å²) in [5.74, 6) is -0.126. The molecule has 0 atom stereocenters. The second-order valence-corrected chi connectivity index (χ2v) is 7.61. The summed E-state index contributed by atoms with van der Waals surface area (Å²) in [5, 5.41) is 14.0. The first-order valence-corrected chi connectivity index (χ1v) is 9.96. The Morgan fingerprint density at radius 2 is 1.90 bits per heavy atom. The molecule has 1 aromatic carbocycles. The minimum Gasteiger partial charge on any atom is -0.294 e. The Hall–Kier alpha value is -3.82. The summed E-state index contributed by atoms with van der Waals surface area (Å²) in [7, 11) is 1.87. The second-order valence-electron chi connectivity index (χ2n) is 7.21. The van der Waals surface area contributed by atoms with Gasteiger partial charge in [-0.2, -0.15) is 10.4 Å². The van der Waals surface area contributed by atoms with E-state index in [1.54, 1.807) is 24.0 Å². The summed E-state index contributed by atoms with van der Waals surface area (Å²) in [5.41, 5.74) is 5.83. The molecule has 0 aliphatic heterocycles. The zero-order valence-electron chi connectivity index (χ0n) is 17.0. The lowest BCUT2D eigenvalue weighted by Gasteiger charge is -2.09. The van der Waals surface area contributed by atoms with Crippen molar-refractivity contribution in [3.63, 3.8) is 0 Å². The lowest BCUT2D eigenvalue weighted by Crippen LogP contribution is -2.08. The Kier molecular flexibility index (Phi) is 5.61. The van der Waals surface area contributed by atoms with Gasteiger partial charge in [0, 0.05) is 64.8 Å². The summed E-state index contributed by atoms with van der Waals surface area (Å²) >= 11 is 6.44. The number of carbonyl (C=O) groups excluding carboxylic acids is 1. The molecule has 0 saturated carbocycles. The molecular weight excluding hydrogens is 410 g/mol. The lowest BCUT2D eigenvalue weighted by molar-refractivity contribution is 0.0991. The van der Waals surface area contributed by atoms with Crippen LogP contribution in [-0.2, 0) is 13.5 Å². The molecule has 31 heavy (non-hydrogen) atoms. The van der Waals surface area contributed by atoms with Gasteiger partial charge < -0.3 is 0 Å². The van der Waals surface area contributed by atoms with Crippen molar-refractivity contribution in [3.05, 3.63) is 88.7 Å². The molecule has 4 rings (SSSR count). The fraction of sp³-hybridized carbons (Fsp3) is 0.125. The number of nitriles is 1. The first-order valence-electron chi connectivity index (χ1n) is 9.58. The van der Waals surface area contributed by atoms with Crippen LogP contribution in [0, 0.1) is 18.3 Å². The number of carbonyl (C=O) groups is 1. The second kappa shape index (κ2) is 8.50. The Morgan fingerprint density at radius 1 is 1.10 bits per heavy atom. The molecule has 7 heteroatoms. The minimum absolute atomic E-state index is 0.126. The quantitative estimate of drug-likeness (QED) is 0.427. The molecule has 4 aromatic rings. The predicted molar refractivity (Wildman–Crippen MR) is 119 cm³/mol. The van der Waals surface area contributed by atoms with Gasteiger partial charge in [0.05, 0.1) is 18.2 Å². The van der Waals surface area contributed by atoms with Crippen LogP contribution in [0.3, 0.4) is 0 Å². The highest BCUT2D eigenvalue weighted by atomic mass is 35.5. The van der Waals surface area contributed by atoms with Gasteiger partial charge in [0.15, 0.2) is 5.78 Å². The van der Waals surface area contributed by atoms with Gasteiger partial charge in [0.1, 0.15) is 6.07 Å². The van der Waals surface area contributed by atoms with E-state index in [1.165, 1.54) is 12.4 Å². The van der Waals surface area contributed by atoms with E-state index in [2.05, 4.69) is 21.1 Å². The van der Waals surface area contributed by atoms with E-state index in [-0.39, 0.29) is 12.2 Å². The van der Waals surface area contributed by atoms with Crippen LogP contribution in [-0.4, -0.2) is 25.5 Å². The van der Waals surface area contributed by atoms with Crippen molar-refractivity contribution in [2.45, 2.75) is 13.3 Å². The fourth-order valence-electron chi connectivity index (χ4n) is 3.36. The average Bonchev–Trinajstić information content (AvgIpc) is 3.21. The van der Waals surface area contributed by atoms with Gasteiger partial charge in [-0.1, -0.05) is 23.7 Å². The van der Waals surface area contributed by atoms with E-state index >= 15 is 0 Å². The highest BCUT2D eigenvalue weighted by Crippen LogP contribution is 2.32. The monoisotopic (exact) mass is 427 g/mol. The third-order valence-electron chi connectivity index (χ3n) is 5.12. The summed E-state index contributed by atoms with van der Waals surface area (Å²) in [4.78, 5) is 21.1. The van der Waals surface area contributed by atoms with E-state index in [0.717, 1.165) is 22.3 Å². The number of hydrogen-bond donors (Lipinski definition) is 0. The van der Waals surface area contributed by atoms with Crippen LogP contribution in [0.4, 0.5) is 0 Å². The van der Waals surface area contributed by atoms with E-state index < -0.39 is 0 Å². The first-order chi connectivity index (χ1) is 15.0.